The van der Waals surface area contributed by atoms with Crippen molar-refractivity contribution in [3.05, 3.63) is 60.8 Å². The van der Waals surface area contributed by atoms with E-state index in [0.717, 1.165) is 44.9 Å². The second kappa shape index (κ2) is 23.2. The van der Waals surface area contributed by atoms with Crippen molar-refractivity contribution in [3.63, 3.8) is 0 Å². The maximum atomic E-state index is 10.4. The van der Waals surface area contributed by atoms with Gasteiger partial charge in [0.2, 0.25) is 0 Å². The SMILES string of the molecule is CCC=CCC=CCC=CCC=CCC=CCCCCCCCCCC(=O)O. The fraction of sp³-hybridized carbons (Fsp3) is 0.577. The van der Waals surface area contributed by atoms with E-state index in [1.54, 1.807) is 0 Å². The molecular formula is C26H42O2. The average Bonchev–Trinajstić information content (AvgIpc) is 2.68. The van der Waals surface area contributed by atoms with Gasteiger partial charge in [-0.05, 0) is 51.4 Å². The Morgan fingerprint density at radius 2 is 0.964 bits per heavy atom. The first-order chi connectivity index (χ1) is 13.8. The van der Waals surface area contributed by atoms with Crippen molar-refractivity contribution in [2.24, 2.45) is 0 Å². The minimum Gasteiger partial charge on any atom is -0.481 e. The molecule has 0 heterocycles. The summed E-state index contributed by atoms with van der Waals surface area (Å²) in [5.74, 6) is -0.669. The summed E-state index contributed by atoms with van der Waals surface area (Å²) in [6.07, 6.45) is 37.2. The van der Waals surface area contributed by atoms with Gasteiger partial charge in [-0.25, -0.2) is 0 Å². The molecule has 28 heavy (non-hydrogen) atoms. The Hall–Kier alpha value is -1.83. The first kappa shape index (κ1) is 26.2. The van der Waals surface area contributed by atoms with Gasteiger partial charge in [0.15, 0.2) is 0 Å². The molecule has 0 unspecified atom stereocenters. The molecule has 0 aromatic carbocycles. The van der Waals surface area contributed by atoms with E-state index in [0.29, 0.717) is 6.42 Å². The third kappa shape index (κ3) is 24.2. The van der Waals surface area contributed by atoms with Crippen LogP contribution >= 0.6 is 0 Å². The minimum atomic E-state index is -0.669. The second-order valence-electron chi connectivity index (χ2n) is 7.12. The lowest BCUT2D eigenvalue weighted by Gasteiger charge is -2.00. The van der Waals surface area contributed by atoms with Crippen LogP contribution in [0.25, 0.3) is 0 Å². The van der Waals surface area contributed by atoms with Crippen LogP contribution in [0.4, 0.5) is 0 Å². The highest BCUT2D eigenvalue weighted by Crippen LogP contribution is 2.10. The van der Waals surface area contributed by atoms with Gasteiger partial charge in [0.05, 0.1) is 0 Å². The normalized spacial score (nSPS) is 12.6. The van der Waals surface area contributed by atoms with Crippen molar-refractivity contribution in [2.75, 3.05) is 0 Å². The van der Waals surface area contributed by atoms with Gasteiger partial charge in [-0.15, -0.1) is 0 Å². The summed E-state index contributed by atoms with van der Waals surface area (Å²) in [4.78, 5) is 10.4. The molecule has 0 aliphatic heterocycles. The molecule has 0 aromatic heterocycles. The number of allylic oxidation sites excluding steroid dienone is 10. The van der Waals surface area contributed by atoms with Crippen molar-refractivity contribution < 1.29 is 9.90 Å². The third-order valence-electron chi connectivity index (χ3n) is 4.42. The van der Waals surface area contributed by atoms with Crippen LogP contribution in [-0.2, 0) is 4.79 Å². The third-order valence-corrected chi connectivity index (χ3v) is 4.42. The van der Waals surface area contributed by atoms with Crippen LogP contribution in [0.5, 0.6) is 0 Å². The zero-order valence-corrected chi connectivity index (χ0v) is 18.0. The highest BCUT2D eigenvalue weighted by Gasteiger charge is 1.96. The molecule has 0 rings (SSSR count). The Morgan fingerprint density at radius 3 is 1.43 bits per heavy atom. The molecule has 0 spiro atoms. The van der Waals surface area contributed by atoms with Crippen LogP contribution in [0.2, 0.25) is 0 Å². The van der Waals surface area contributed by atoms with Gasteiger partial charge in [-0.2, -0.15) is 0 Å². The topological polar surface area (TPSA) is 37.3 Å². The largest absolute Gasteiger partial charge is 0.481 e. The van der Waals surface area contributed by atoms with Gasteiger partial charge in [-0.1, -0.05) is 99.8 Å². The minimum absolute atomic E-state index is 0.323. The summed E-state index contributed by atoms with van der Waals surface area (Å²) < 4.78 is 0. The van der Waals surface area contributed by atoms with Crippen molar-refractivity contribution in [3.8, 4) is 0 Å². The molecule has 0 aliphatic carbocycles. The van der Waals surface area contributed by atoms with E-state index in [9.17, 15) is 4.79 Å². The summed E-state index contributed by atoms with van der Waals surface area (Å²) in [7, 11) is 0. The van der Waals surface area contributed by atoms with Crippen LogP contribution in [0.3, 0.4) is 0 Å². The van der Waals surface area contributed by atoms with Crippen molar-refractivity contribution in [1.29, 1.82) is 0 Å². The number of hydrogen-bond acceptors (Lipinski definition) is 1. The average molecular weight is 387 g/mol. The smallest absolute Gasteiger partial charge is 0.303 e. The number of carbonyl (C=O) groups is 1. The van der Waals surface area contributed by atoms with Crippen molar-refractivity contribution >= 4 is 5.97 Å². The van der Waals surface area contributed by atoms with Crippen LogP contribution in [0.1, 0.15) is 96.8 Å². The molecule has 0 radical (unpaired) electrons. The number of carboxylic acid groups (broad SMARTS) is 1. The number of carboxylic acids is 1. The number of hydrogen-bond donors (Lipinski definition) is 1. The van der Waals surface area contributed by atoms with E-state index in [2.05, 4.69) is 67.7 Å². The Kier molecular flexibility index (Phi) is 21.7. The molecule has 0 bridgehead atoms. The lowest BCUT2D eigenvalue weighted by Crippen LogP contribution is -1.93. The summed E-state index contributed by atoms with van der Waals surface area (Å²) >= 11 is 0. The Bertz CT molecular complexity index is 481. The van der Waals surface area contributed by atoms with Crippen LogP contribution in [0.15, 0.2) is 60.8 Å². The molecule has 2 nitrogen and oxygen atoms in total. The Morgan fingerprint density at radius 1 is 0.571 bits per heavy atom. The molecule has 1 N–H and O–H groups in total. The Labute approximate surface area is 173 Å². The predicted octanol–water partition coefficient (Wildman–Crippen LogP) is 8.33. The van der Waals surface area contributed by atoms with E-state index in [-0.39, 0.29) is 0 Å². The molecule has 0 aromatic rings. The fourth-order valence-electron chi connectivity index (χ4n) is 2.79. The van der Waals surface area contributed by atoms with Gasteiger partial charge in [-0.3, -0.25) is 4.79 Å². The zero-order chi connectivity index (χ0) is 20.5. The van der Waals surface area contributed by atoms with Gasteiger partial charge in [0.1, 0.15) is 0 Å². The molecule has 0 saturated carbocycles. The molecule has 2 heteroatoms. The van der Waals surface area contributed by atoms with Gasteiger partial charge >= 0.3 is 5.97 Å². The zero-order valence-electron chi connectivity index (χ0n) is 18.0. The lowest BCUT2D eigenvalue weighted by molar-refractivity contribution is -0.137. The summed E-state index contributed by atoms with van der Waals surface area (Å²) in [5.41, 5.74) is 0. The van der Waals surface area contributed by atoms with Crippen LogP contribution in [-0.4, -0.2) is 11.1 Å². The molecule has 158 valence electrons. The van der Waals surface area contributed by atoms with E-state index in [1.165, 1.54) is 38.5 Å². The lowest BCUT2D eigenvalue weighted by atomic mass is 10.1. The molecule has 0 fully saturated rings. The summed E-state index contributed by atoms with van der Waals surface area (Å²) in [6, 6.07) is 0. The van der Waals surface area contributed by atoms with E-state index in [1.807, 2.05) is 0 Å². The first-order valence-electron chi connectivity index (χ1n) is 11.2. The molecule has 0 amide bonds. The molecule has 0 saturated heterocycles. The van der Waals surface area contributed by atoms with Crippen LogP contribution < -0.4 is 0 Å². The van der Waals surface area contributed by atoms with E-state index < -0.39 is 5.97 Å². The first-order valence-corrected chi connectivity index (χ1v) is 11.2. The maximum Gasteiger partial charge on any atom is 0.303 e. The number of aliphatic carboxylic acids is 1. The summed E-state index contributed by atoms with van der Waals surface area (Å²) in [5, 5.41) is 8.57. The quantitative estimate of drug-likeness (QED) is 0.179. The van der Waals surface area contributed by atoms with E-state index >= 15 is 0 Å². The van der Waals surface area contributed by atoms with Gasteiger partial charge < -0.3 is 5.11 Å². The predicted molar refractivity (Wildman–Crippen MR) is 124 cm³/mol. The van der Waals surface area contributed by atoms with Gasteiger partial charge in [0.25, 0.3) is 0 Å². The highest BCUT2D eigenvalue weighted by molar-refractivity contribution is 5.66. The van der Waals surface area contributed by atoms with Gasteiger partial charge in [0, 0.05) is 6.42 Å². The van der Waals surface area contributed by atoms with Crippen LogP contribution in [0, 0.1) is 0 Å². The monoisotopic (exact) mass is 386 g/mol. The van der Waals surface area contributed by atoms with Crippen molar-refractivity contribution in [2.45, 2.75) is 96.8 Å². The molecule has 0 atom stereocenters. The summed E-state index contributed by atoms with van der Waals surface area (Å²) in [6.45, 7) is 2.16. The maximum absolute atomic E-state index is 10.4. The Balaban J connectivity index is 3.35. The second-order valence-corrected chi connectivity index (χ2v) is 7.12. The highest BCUT2D eigenvalue weighted by atomic mass is 16.4. The standard InChI is InChI=1S/C26H42O2/c1-2-3-4-5-6-7-8-9-10-11-12-13-14-15-16-17-18-19-20-21-22-23-24-25-26(27)28/h3-4,6-7,9-10,12-13,15-16H,2,5,8,11,14,17-25H2,1H3,(H,27,28). The van der Waals surface area contributed by atoms with Crippen molar-refractivity contribution in [1.82, 2.24) is 0 Å². The molecule has 0 aliphatic rings. The molecular weight excluding hydrogens is 344 g/mol. The number of rotatable bonds is 19. The fourth-order valence-corrected chi connectivity index (χ4v) is 2.79. The number of unbranched alkanes of at least 4 members (excludes halogenated alkanes) is 7. The van der Waals surface area contributed by atoms with E-state index in [4.69, 9.17) is 5.11 Å².